The van der Waals surface area contributed by atoms with Crippen molar-refractivity contribution in [2.24, 2.45) is 5.92 Å². The number of halogens is 1. The summed E-state index contributed by atoms with van der Waals surface area (Å²) in [6, 6.07) is 10.8. The number of hydrogen-bond acceptors (Lipinski definition) is 8. The molecule has 3 aromatic rings. The van der Waals surface area contributed by atoms with Gasteiger partial charge in [-0.15, -0.1) is 0 Å². The number of carbonyl (C=O) groups is 3. The average Bonchev–Trinajstić information content (AvgIpc) is 3.40. The van der Waals surface area contributed by atoms with E-state index in [-0.39, 0.29) is 28.7 Å². The van der Waals surface area contributed by atoms with Crippen molar-refractivity contribution in [3.8, 4) is 0 Å². The monoisotopic (exact) mass is 582 g/mol. The fourth-order valence-electron chi connectivity index (χ4n) is 5.64. The number of imide groups is 1. The highest BCUT2D eigenvalue weighted by Crippen LogP contribution is 2.53. The number of anilines is 1. The smallest absolute Gasteiger partial charge is 0.308 e. The second-order valence-electron chi connectivity index (χ2n) is 9.94. The van der Waals surface area contributed by atoms with E-state index in [1.165, 1.54) is 53.1 Å². The third kappa shape index (κ3) is 4.42. The summed E-state index contributed by atoms with van der Waals surface area (Å²) >= 11 is 2.02. The third-order valence-electron chi connectivity index (χ3n) is 7.60. The van der Waals surface area contributed by atoms with Gasteiger partial charge in [0.25, 0.3) is 5.69 Å². The number of piperidine rings is 1. The van der Waals surface area contributed by atoms with Crippen LogP contribution in [0.1, 0.15) is 35.6 Å². The molecule has 0 aliphatic carbocycles. The highest BCUT2D eigenvalue weighted by Gasteiger charge is 2.56. The van der Waals surface area contributed by atoms with E-state index in [1.807, 2.05) is 0 Å². The minimum atomic E-state index is -0.907. The van der Waals surface area contributed by atoms with Crippen LogP contribution >= 0.6 is 23.1 Å². The van der Waals surface area contributed by atoms with Crippen LogP contribution < -0.4 is 9.77 Å². The van der Waals surface area contributed by atoms with E-state index < -0.39 is 39.6 Å². The molecular weight excluding hydrogens is 559 g/mol. The number of aromatic nitrogens is 1. The lowest BCUT2D eigenvalue weighted by Gasteiger charge is -2.31. The van der Waals surface area contributed by atoms with E-state index in [0.717, 1.165) is 47.3 Å². The van der Waals surface area contributed by atoms with Gasteiger partial charge in [-0.2, -0.15) is 0 Å². The van der Waals surface area contributed by atoms with Crippen LogP contribution in [0.3, 0.4) is 0 Å². The molecule has 0 bridgehead atoms. The van der Waals surface area contributed by atoms with Gasteiger partial charge in [0.2, 0.25) is 17.7 Å². The number of nitrogens with zero attached hydrogens (tertiary/aromatic N) is 4. The average molecular weight is 583 g/mol. The second-order valence-corrected chi connectivity index (χ2v) is 12.1. The Kier molecular flexibility index (Phi) is 6.78. The van der Waals surface area contributed by atoms with Gasteiger partial charge in [-0.25, -0.2) is 9.29 Å². The Bertz CT molecular complexity index is 1580. The molecule has 206 valence electrons. The summed E-state index contributed by atoms with van der Waals surface area (Å²) in [6.07, 6.45) is 2.86. The van der Waals surface area contributed by atoms with Gasteiger partial charge in [-0.1, -0.05) is 35.2 Å². The number of carbonyl (C=O) groups excluding carboxylic acids is 3. The van der Waals surface area contributed by atoms with Gasteiger partial charge < -0.3 is 4.90 Å². The molecule has 3 amide bonds. The number of rotatable bonds is 5. The minimum Gasteiger partial charge on any atom is -0.341 e. The van der Waals surface area contributed by atoms with Crippen molar-refractivity contribution in [1.82, 2.24) is 9.47 Å². The van der Waals surface area contributed by atoms with Crippen molar-refractivity contribution >= 4 is 52.2 Å². The Balaban J connectivity index is 1.41. The largest absolute Gasteiger partial charge is 0.341 e. The van der Waals surface area contributed by atoms with Crippen molar-refractivity contribution in [2.75, 3.05) is 18.0 Å². The first-order valence-corrected chi connectivity index (χ1v) is 14.5. The summed E-state index contributed by atoms with van der Waals surface area (Å²) in [7, 11) is 0. The van der Waals surface area contributed by atoms with Crippen LogP contribution in [-0.2, 0) is 20.9 Å². The quantitative estimate of drug-likeness (QED) is 0.255. The molecule has 4 heterocycles. The SMILES string of the molecule is O=C(Cn1c2c(sc1=O)[C@@H](c1ccc(F)cc1)C1C(=O)N(c3ccc([N+](=O)[O-])cc3)C(=O)C1S2)N1CCCCC1. The Morgan fingerprint density at radius 2 is 1.65 bits per heavy atom. The molecule has 2 fully saturated rings. The molecule has 3 atom stereocenters. The first kappa shape index (κ1) is 26.4. The van der Waals surface area contributed by atoms with Crippen LogP contribution in [0.4, 0.5) is 15.8 Å². The van der Waals surface area contributed by atoms with Gasteiger partial charge in [-0.3, -0.25) is 33.9 Å². The number of nitro benzene ring substituents is 1. The minimum absolute atomic E-state index is 0.167. The first-order valence-electron chi connectivity index (χ1n) is 12.8. The Morgan fingerprint density at radius 1 is 0.975 bits per heavy atom. The molecule has 3 aliphatic heterocycles. The van der Waals surface area contributed by atoms with Crippen LogP contribution in [0.2, 0.25) is 0 Å². The Morgan fingerprint density at radius 3 is 2.30 bits per heavy atom. The maximum absolute atomic E-state index is 13.8. The molecule has 40 heavy (non-hydrogen) atoms. The Labute approximate surface area is 235 Å². The van der Waals surface area contributed by atoms with E-state index in [2.05, 4.69) is 0 Å². The van der Waals surface area contributed by atoms with Crippen molar-refractivity contribution in [3.05, 3.63) is 84.6 Å². The van der Waals surface area contributed by atoms with Crippen LogP contribution in [0, 0.1) is 21.8 Å². The van der Waals surface area contributed by atoms with Crippen molar-refractivity contribution in [3.63, 3.8) is 0 Å². The number of amides is 3. The molecule has 0 spiro atoms. The second kappa shape index (κ2) is 10.3. The normalized spacial score (nSPS) is 22.3. The predicted molar refractivity (Wildman–Crippen MR) is 146 cm³/mol. The van der Waals surface area contributed by atoms with Crippen LogP contribution in [0.25, 0.3) is 0 Å². The lowest BCUT2D eigenvalue weighted by molar-refractivity contribution is -0.384. The zero-order valence-electron chi connectivity index (χ0n) is 21.0. The molecule has 13 heteroatoms. The van der Waals surface area contributed by atoms with E-state index in [4.69, 9.17) is 0 Å². The molecule has 1 aromatic heterocycles. The van der Waals surface area contributed by atoms with Gasteiger partial charge in [0, 0.05) is 36.0 Å². The molecule has 3 aliphatic rings. The maximum atomic E-state index is 13.8. The molecule has 0 saturated carbocycles. The van der Waals surface area contributed by atoms with E-state index in [1.54, 1.807) is 4.90 Å². The van der Waals surface area contributed by atoms with E-state index >= 15 is 0 Å². The topological polar surface area (TPSA) is 123 Å². The standard InChI is InChI=1S/C27H23FN4O6S2/c28-16-6-4-15(5-7-16)20-21-22(25(35)31(24(21)34)17-8-10-18(11-9-17)32(37)38)39-26-23(20)40-27(36)30(26)14-19(33)29-12-2-1-3-13-29/h4-11,20-22H,1-3,12-14H2/t20-,21?,22?/m0/s1. The zero-order valence-corrected chi connectivity index (χ0v) is 22.7. The van der Waals surface area contributed by atoms with Gasteiger partial charge in [-0.05, 0) is 49.1 Å². The van der Waals surface area contributed by atoms with E-state index in [0.29, 0.717) is 28.6 Å². The number of non-ortho nitro benzene ring substituents is 1. The van der Waals surface area contributed by atoms with Crippen molar-refractivity contribution in [1.29, 1.82) is 0 Å². The summed E-state index contributed by atoms with van der Waals surface area (Å²) in [4.78, 5) is 67.4. The van der Waals surface area contributed by atoms with Gasteiger partial charge >= 0.3 is 4.87 Å². The van der Waals surface area contributed by atoms with Gasteiger partial charge in [0.1, 0.15) is 17.6 Å². The third-order valence-corrected chi connectivity index (χ3v) is 10.2. The van der Waals surface area contributed by atoms with Crippen molar-refractivity contribution < 1.29 is 23.7 Å². The first-order chi connectivity index (χ1) is 19.2. The van der Waals surface area contributed by atoms with Crippen molar-refractivity contribution in [2.45, 2.75) is 42.0 Å². The number of benzene rings is 2. The van der Waals surface area contributed by atoms with Crippen LogP contribution in [0.15, 0.2) is 58.4 Å². The Hall–Kier alpha value is -3.84. The number of thioether (sulfide) groups is 1. The molecule has 2 aromatic carbocycles. The number of nitro groups is 1. The summed E-state index contributed by atoms with van der Waals surface area (Å²) in [5, 5.41) is 10.7. The van der Waals surface area contributed by atoms with Crippen LogP contribution in [0.5, 0.6) is 0 Å². The molecule has 2 saturated heterocycles. The summed E-state index contributed by atoms with van der Waals surface area (Å²) < 4.78 is 15.2. The lowest BCUT2D eigenvalue weighted by Crippen LogP contribution is -2.39. The molecular formula is C27H23FN4O6S2. The molecule has 0 N–H and O–H groups in total. The maximum Gasteiger partial charge on any atom is 0.308 e. The fourth-order valence-corrected chi connectivity index (χ4v) is 8.41. The lowest BCUT2D eigenvalue weighted by atomic mass is 9.83. The highest BCUT2D eigenvalue weighted by atomic mass is 32.2. The molecule has 2 unspecified atom stereocenters. The summed E-state index contributed by atoms with van der Waals surface area (Å²) in [5.41, 5.74) is 0.596. The number of likely N-dealkylation sites (tertiary alicyclic amines) is 1. The molecule has 0 radical (unpaired) electrons. The summed E-state index contributed by atoms with van der Waals surface area (Å²) in [5.74, 6) is -3.28. The zero-order chi connectivity index (χ0) is 28.1. The number of thiazole rings is 1. The number of fused-ring (bicyclic) bond motifs is 2. The number of hydrogen-bond donors (Lipinski definition) is 0. The van der Waals surface area contributed by atoms with E-state index in [9.17, 15) is 33.7 Å². The van der Waals surface area contributed by atoms with Crippen LogP contribution in [-0.4, -0.2) is 50.5 Å². The molecule has 10 nitrogen and oxygen atoms in total. The predicted octanol–water partition coefficient (Wildman–Crippen LogP) is 3.77. The fraction of sp³-hybridized carbons (Fsp3) is 0.333. The highest BCUT2D eigenvalue weighted by molar-refractivity contribution is 8.00. The van der Waals surface area contributed by atoms with Gasteiger partial charge in [0.05, 0.1) is 21.6 Å². The summed E-state index contributed by atoms with van der Waals surface area (Å²) in [6.45, 7) is 1.10. The van der Waals surface area contributed by atoms with Gasteiger partial charge in [0.15, 0.2) is 0 Å². The molecule has 6 rings (SSSR count).